The third-order valence-corrected chi connectivity index (χ3v) is 3.95. The van der Waals surface area contributed by atoms with Gasteiger partial charge in [-0.25, -0.2) is 0 Å². The summed E-state index contributed by atoms with van der Waals surface area (Å²) in [5.74, 6) is 0.602. The first-order valence-corrected chi connectivity index (χ1v) is 7.10. The van der Waals surface area contributed by atoms with Gasteiger partial charge in [-0.3, -0.25) is 4.79 Å². The zero-order valence-corrected chi connectivity index (χ0v) is 12.1. The molecular formula is C15H20N2O4. The first kappa shape index (κ1) is 14.3. The number of methoxy groups -OCH3 is 1. The van der Waals surface area contributed by atoms with Gasteiger partial charge in [-0.15, -0.1) is 0 Å². The summed E-state index contributed by atoms with van der Waals surface area (Å²) in [4.78, 5) is 11.3. The Morgan fingerprint density at radius 1 is 1.48 bits per heavy atom. The Morgan fingerprint density at radius 3 is 3.14 bits per heavy atom. The molecule has 2 aliphatic rings. The van der Waals surface area contributed by atoms with Crippen molar-refractivity contribution >= 4 is 11.6 Å². The van der Waals surface area contributed by atoms with E-state index in [2.05, 4.69) is 10.6 Å². The molecule has 3 rings (SSSR count). The maximum atomic E-state index is 11.3. The number of benzene rings is 1. The highest BCUT2D eigenvalue weighted by Crippen LogP contribution is 2.28. The van der Waals surface area contributed by atoms with Crippen molar-refractivity contribution in [2.24, 2.45) is 0 Å². The molecule has 0 aliphatic carbocycles. The van der Waals surface area contributed by atoms with Crippen molar-refractivity contribution in [2.75, 3.05) is 38.8 Å². The molecule has 0 spiro atoms. The molecule has 1 atom stereocenters. The highest BCUT2D eigenvalue weighted by molar-refractivity contribution is 5.95. The van der Waals surface area contributed by atoms with Crippen molar-refractivity contribution in [1.29, 1.82) is 0 Å². The van der Waals surface area contributed by atoms with Crippen LogP contribution in [0.2, 0.25) is 0 Å². The normalized spacial score (nSPS) is 24.3. The summed E-state index contributed by atoms with van der Waals surface area (Å²) in [6.07, 6.45) is 0.907. The molecule has 2 aliphatic heterocycles. The van der Waals surface area contributed by atoms with Crippen LogP contribution in [0.25, 0.3) is 0 Å². The fraction of sp³-hybridized carbons (Fsp3) is 0.533. The lowest BCUT2D eigenvalue weighted by molar-refractivity contribution is -0.118. The van der Waals surface area contributed by atoms with Gasteiger partial charge in [0.25, 0.3) is 5.91 Å². The molecule has 0 bridgehead atoms. The van der Waals surface area contributed by atoms with Crippen molar-refractivity contribution < 1.29 is 19.0 Å². The number of anilines is 1. The van der Waals surface area contributed by atoms with E-state index in [1.54, 1.807) is 7.11 Å². The fourth-order valence-electron chi connectivity index (χ4n) is 2.64. The van der Waals surface area contributed by atoms with Crippen LogP contribution in [-0.4, -0.2) is 45.0 Å². The third kappa shape index (κ3) is 3.18. The molecule has 6 nitrogen and oxygen atoms in total. The number of ether oxygens (including phenoxy) is 3. The van der Waals surface area contributed by atoms with E-state index in [1.165, 1.54) is 0 Å². The highest BCUT2D eigenvalue weighted by atomic mass is 16.5. The summed E-state index contributed by atoms with van der Waals surface area (Å²) >= 11 is 0. The molecule has 1 saturated heterocycles. The fourth-order valence-corrected chi connectivity index (χ4v) is 2.64. The van der Waals surface area contributed by atoms with Crippen molar-refractivity contribution in [1.82, 2.24) is 5.32 Å². The number of hydrogen-bond donors (Lipinski definition) is 2. The molecule has 1 amide bonds. The number of nitrogens with one attached hydrogen (secondary N) is 2. The van der Waals surface area contributed by atoms with Gasteiger partial charge in [-0.05, 0) is 17.7 Å². The molecule has 2 heterocycles. The lowest BCUT2D eigenvalue weighted by Crippen LogP contribution is -2.42. The Kier molecular flexibility index (Phi) is 4.10. The zero-order valence-electron chi connectivity index (χ0n) is 12.1. The lowest BCUT2D eigenvalue weighted by atomic mass is 10.0. The van der Waals surface area contributed by atoms with Gasteiger partial charge >= 0.3 is 0 Å². The van der Waals surface area contributed by atoms with Crippen LogP contribution in [0, 0.1) is 0 Å². The predicted octanol–water partition coefficient (Wildman–Crippen LogP) is 0.913. The molecule has 1 aromatic rings. The topological polar surface area (TPSA) is 68.8 Å². The summed E-state index contributed by atoms with van der Waals surface area (Å²) in [7, 11) is 1.72. The molecule has 1 fully saturated rings. The Bertz CT molecular complexity index is 526. The maximum absolute atomic E-state index is 11.3. The third-order valence-electron chi connectivity index (χ3n) is 3.95. The van der Waals surface area contributed by atoms with Gasteiger partial charge in [0.05, 0.1) is 12.3 Å². The van der Waals surface area contributed by atoms with E-state index in [9.17, 15) is 4.79 Å². The summed E-state index contributed by atoms with van der Waals surface area (Å²) in [6, 6.07) is 5.81. The van der Waals surface area contributed by atoms with Crippen molar-refractivity contribution in [3.63, 3.8) is 0 Å². The van der Waals surface area contributed by atoms with Crippen LogP contribution in [-0.2, 0) is 20.8 Å². The van der Waals surface area contributed by atoms with E-state index in [4.69, 9.17) is 14.2 Å². The minimum Gasteiger partial charge on any atom is -0.482 e. The van der Waals surface area contributed by atoms with Crippen LogP contribution in [0.15, 0.2) is 18.2 Å². The monoisotopic (exact) mass is 292 g/mol. The van der Waals surface area contributed by atoms with E-state index in [0.29, 0.717) is 13.2 Å². The summed E-state index contributed by atoms with van der Waals surface area (Å²) in [5.41, 5.74) is 1.60. The zero-order chi connectivity index (χ0) is 14.7. The van der Waals surface area contributed by atoms with Gasteiger partial charge in [0.2, 0.25) is 0 Å². The molecule has 0 aromatic heterocycles. The average Bonchev–Trinajstić information content (AvgIpc) is 2.96. The molecule has 1 aromatic carbocycles. The van der Waals surface area contributed by atoms with Crippen LogP contribution < -0.4 is 15.4 Å². The minimum atomic E-state index is -0.217. The summed E-state index contributed by atoms with van der Waals surface area (Å²) in [5, 5.41) is 6.21. The van der Waals surface area contributed by atoms with E-state index in [-0.39, 0.29) is 18.1 Å². The molecule has 0 radical (unpaired) electrons. The van der Waals surface area contributed by atoms with E-state index in [1.807, 2.05) is 18.2 Å². The molecule has 0 saturated carbocycles. The number of rotatable bonds is 5. The molecule has 1 unspecified atom stereocenters. The quantitative estimate of drug-likeness (QED) is 0.844. The molecule has 114 valence electrons. The highest BCUT2D eigenvalue weighted by Gasteiger charge is 2.34. The van der Waals surface area contributed by atoms with Gasteiger partial charge in [0.15, 0.2) is 6.61 Å². The number of carbonyl (C=O) groups is 1. The van der Waals surface area contributed by atoms with Gasteiger partial charge in [-0.1, -0.05) is 6.07 Å². The number of carbonyl (C=O) groups excluding carboxylic acids is 1. The number of hydrogen-bond acceptors (Lipinski definition) is 5. The largest absolute Gasteiger partial charge is 0.482 e. The maximum Gasteiger partial charge on any atom is 0.262 e. The van der Waals surface area contributed by atoms with Crippen LogP contribution >= 0.6 is 0 Å². The van der Waals surface area contributed by atoms with Crippen molar-refractivity contribution in [2.45, 2.75) is 18.6 Å². The minimum absolute atomic E-state index is 0.0843. The Labute approximate surface area is 123 Å². The van der Waals surface area contributed by atoms with Crippen LogP contribution in [0.1, 0.15) is 12.0 Å². The van der Waals surface area contributed by atoms with E-state index >= 15 is 0 Å². The predicted molar refractivity (Wildman–Crippen MR) is 77.4 cm³/mol. The van der Waals surface area contributed by atoms with E-state index in [0.717, 1.165) is 36.6 Å². The molecule has 21 heavy (non-hydrogen) atoms. The SMILES string of the molecule is COC1(CNCc2ccc3c(c2)NC(=O)CO3)CCOC1. The second kappa shape index (κ2) is 6.01. The van der Waals surface area contributed by atoms with Crippen LogP contribution in [0.5, 0.6) is 5.75 Å². The second-order valence-corrected chi connectivity index (χ2v) is 5.46. The average molecular weight is 292 g/mol. The standard InChI is InChI=1S/C15H20N2O4/c1-19-15(4-5-20-10-15)9-16-7-11-2-3-13-12(6-11)17-14(18)8-21-13/h2-3,6,16H,4-5,7-10H2,1H3,(H,17,18). The smallest absolute Gasteiger partial charge is 0.262 e. The summed E-state index contributed by atoms with van der Waals surface area (Å²) < 4.78 is 16.3. The Balaban J connectivity index is 1.58. The first-order valence-electron chi connectivity index (χ1n) is 7.10. The lowest BCUT2D eigenvalue weighted by Gasteiger charge is -2.26. The Hall–Kier alpha value is -1.63. The van der Waals surface area contributed by atoms with Crippen molar-refractivity contribution in [3.8, 4) is 5.75 Å². The van der Waals surface area contributed by atoms with Gasteiger partial charge in [0.1, 0.15) is 11.4 Å². The summed E-state index contributed by atoms with van der Waals surface area (Å²) in [6.45, 7) is 2.90. The first-order chi connectivity index (χ1) is 10.2. The molecule has 2 N–H and O–H groups in total. The Morgan fingerprint density at radius 2 is 2.38 bits per heavy atom. The number of amides is 1. The van der Waals surface area contributed by atoms with Gasteiger partial charge in [0, 0.05) is 33.2 Å². The van der Waals surface area contributed by atoms with Crippen molar-refractivity contribution in [3.05, 3.63) is 23.8 Å². The molecular weight excluding hydrogens is 272 g/mol. The van der Waals surface area contributed by atoms with Gasteiger partial charge < -0.3 is 24.8 Å². The van der Waals surface area contributed by atoms with Crippen LogP contribution in [0.4, 0.5) is 5.69 Å². The molecule has 6 heteroatoms. The van der Waals surface area contributed by atoms with Gasteiger partial charge in [-0.2, -0.15) is 0 Å². The van der Waals surface area contributed by atoms with E-state index < -0.39 is 0 Å². The second-order valence-electron chi connectivity index (χ2n) is 5.46. The van der Waals surface area contributed by atoms with Crippen LogP contribution in [0.3, 0.4) is 0 Å². The number of fused-ring (bicyclic) bond motifs is 1.